The Hall–Kier alpha value is -3.00. The predicted molar refractivity (Wildman–Crippen MR) is 98.8 cm³/mol. The summed E-state index contributed by atoms with van der Waals surface area (Å²) in [7, 11) is 1.62. The second-order valence-corrected chi connectivity index (χ2v) is 6.65. The van der Waals surface area contributed by atoms with Gasteiger partial charge in [-0.2, -0.15) is 0 Å². The Balaban J connectivity index is 1.92. The minimum atomic E-state index is -0.335. The van der Waals surface area contributed by atoms with Crippen molar-refractivity contribution in [3.8, 4) is 17.1 Å². The monoisotopic (exact) mass is 368 g/mol. The van der Waals surface area contributed by atoms with E-state index < -0.39 is 0 Å². The van der Waals surface area contributed by atoms with Crippen molar-refractivity contribution in [2.24, 2.45) is 0 Å². The molecule has 0 N–H and O–H groups in total. The van der Waals surface area contributed by atoms with Crippen molar-refractivity contribution in [2.75, 3.05) is 13.7 Å². The summed E-state index contributed by atoms with van der Waals surface area (Å²) in [5, 5.41) is 9.49. The standard InChI is InChI=1S/C18H16N4O3S/c1-4-25-18(23)14-10(2)13-16-21-20-15(22(16)9-19-17(13)26-14)11-6-5-7-12(8-11)24-3/h5-9H,4H2,1-3H3. The summed E-state index contributed by atoms with van der Waals surface area (Å²) < 4.78 is 12.2. The van der Waals surface area contributed by atoms with Gasteiger partial charge in [0.25, 0.3) is 0 Å². The van der Waals surface area contributed by atoms with Crippen LogP contribution in [0, 0.1) is 6.92 Å². The number of benzene rings is 1. The number of carbonyl (C=O) groups is 1. The van der Waals surface area contributed by atoms with Gasteiger partial charge < -0.3 is 9.47 Å². The fourth-order valence-electron chi connectivity index (χ4n) is 2.88. The summed E-state index contributed by atoms with van der Waals surface area (Å²) in [5.74, 6) is 1.07. The minimum Gasteiger partial charge on any atom is -0.497 e. The number of esters is 1. The molecule has 0 saturated heterocycles. The van der Waals surface area contributed by atoms with Crippen LogP contribution in [0.3, 0.4) is 0 Å². The number of nitrogens with zero attached hydrogens (tertiary/aromatic N) is 4. The molecule has 0 atom stereocenters. The number of carbonyl (C=O) groups excluding carboxylic acids is 1. The van der Waals surface area contributed by atoms with Gasteiger partial charge in [-0.15, -0.1) is 21.5 Å². The molecule has 1 aromatic carbocycles. The average Bonchev–Trinajstić information content (AvgIpc) is 3.23. The van der Waals surface area contributed by atoms with Crippen LogP contribution in [0.2, 0.25) is 0 Å². The molecule has 0 aliphatic rings. The zero-order chi connectivity index (χ0) is 18.3. The summed E-state index contributed by atoms with van der Waals surface area (Å²) in [4.78, 5) is 18.0. The highest BCUT2D eigenvalue weighted by Crippen LogP contribution is 2.33. The summed E-state index contributed by atoms with van der Waals surface area (Å²) in [6.45, 7) is 4.00. The largest absolute Gasteiger partial charge is 0.497 e. The lowest BCUT2D eigenvalue weighted by molar-refractivity contribution is 0.0531. The molecule has 0 amide bonds. The molecule has 0 aliphatic carbocycles. The molecular formula is C18H16N4O3S. The van der Waals surface area contributed by atoms with Crippen LogP contribution in [0.15, 0.2) is 30.6 Å². The molecule has 26 heavy (non-hydrogen) atoms. The van der Waals surface area contributed by atoms with E-state index in [0.29, 0.717) is 23.0 Å². The zero-order valence-electron chi connectivity index (χ0n) is 14.5. The van der Waals surface area contributed by atoms with Crippen LogP contribution in [-0.4, -0.2) is 39.3 Å². The molecule has 8 heteroatoms. The van der Waals surface area contributed by atoms with E-state index in [0.717, 1.165) is 27.1 Å². The van der Waals surface area contributed by atoms with Gasteiger partial charge in [-0.3, -0.25) is 4.40 Å². The van der Waals surface area contributed by atoms with E-state index in [1.807, 2.05) is 35.6 Å². The molecule has 7 nitrogen and oxygen atoms in total. The highest BCUT2D eigenvalue weighted by molar-refractivity contribution is 7.20. The van der Waals surface area contributed by atoms with Crippen LogP contribution in [-0.2, 0) is 4.74 Å². The van der Waals surface area contributed by atoms with Crippen molar-refractivity contribution in [3.63, 3.8) is 0 Å². The van der Waals surface area contributed by atoms with Gasteiger partial charge in [0, 0.05) is 5.56 Å². The van der Waals surface area contributed by atoms with E-state index in [1.165, 1.54) is 11.3 Å². The molecule has 0 spiro atoms. The Kier molecular flexibility index (Phi) is 4.04. The molecule has 4 rings (SSSR count). The zero-order valence-corrected chi connectivity index (χ0v) is 15.3. The van der Waals surface area contributed by atoms with E-state index in [9.17, 15) is 4.79 Å². The van der Waals surface area contributed by atoms with E-state index in [-0.39, 0.29) is 5.97 Å². The number of hydrogen-bond donors (Lipinski definition) is 0. The van der Waals surface area contributed by atoms with Gasteiger partial charge in [0.1, 0.15) is 21.8 Å². The second-order valence-electron chi connectivity index (χ2n) is 5.65. The van der Waals surface area contributed by atoms with Gasteiger partial charge >= 0.3 is 5.97 Å². The Morgan fingerprint density at radius 2 is 2.15 bits per heavy atom. The Bertz CT molecular complexity index is 1130. The first kappa shape index (κ1) is 16.5. The van der Waals surface area contributed by atoms with Gasteiger partial charge in [0.05, 0.1) is 19.1 Å². The number of ether oxygens (including phenoxy) is 2. The molecular weight excluding hydrogens is 352 g/mol. The molecule has 0 bridgehead atoms. The second kappa shape index (κ2) is 6.38. The van der Waals surface area contributed by atoms with Crippen molar-refractivity contribution in [3.05, 3.63) is 41.0 Å². The first-order chi connectivity index (χ1) is 12.6. The van der Waals surface area contributed by atoms with Gasteiger partial charge in [-0.05, 0) is 31.5 Å². The topological polar surface area (TPSA) is 78.6 Å². The summed E-state index contributed by atoms with van der Waals surface area (Å²) >= 11 is 1.31. The third-order valence-corrected chi connectivity index (χ3v) is 5.31. The molecule has 0 saturated carbocycles. The third kappa shape index (κ3) is 2.50. The maximum atomic E-state index is 12.2. The van der Waals surface area contributed by atoms with Crippen LogP contribution >= 0.6 is 11.3 Å². The number of aromatic nitrogens is 4. The lowest BCUT2D eigenvalue weighted by Crippen LogP contribution is -2.03. The number of rotatable bonds is 4. The maximum Gasteiger partial charge on any atom is 0.348 e. The number of aryl methyl sites for hydroxylation is 1. The Morgan fingerprint density at radius 1 is 1.31 bits per heavy atom. The van der Waals surface area contributed by atoms with Crippen molar-refractivity contribution < 1.29 is 14.3 Å². The van der Waals surface area contributed by atoms with Crippen molar-refractivity contribution in [1.29, 1.82) is 0 Å². The van der Waals surface area contributed by atoms with Gasteiger partial charge in [-0.1, -0.05) is 12.1 Å². The molecule has 3 heterocycles. The fourth-order valence-corrected chi connectivity index (χ4v) is 3.92. The van der Waals surface area contributed by atoms with E-state index in [2.05, 4.69) is 15.2 Å². The lowest BCUT2D eigenvalue weighted by atomic mass is 10.2. The summed E-state index contributed by atoms with van der Waals surface area (Å²) in [5.41, 5.74) is 2.35. The van der Waals surface area contributed by atoms with Crippen molar-refractivity contribution in [2.45, 2.75) is 13.8 Å². The molecule has 0 radical (unpaired) electrons. The molecule has 0 fully saturated rings. The van der Waals surface area contributed by atoms with Crippen LogP contribution < -0.4 is 4.74 Å². The van der Waals surface area contributed by atoms with E-state index in [1.54, 1.807) is 20.4 Å². The predicted octanol–water partition coefficient (Wildman–Crippen LogP) is 3.50. The van der Waals surface area contributed by atoms with Crippen LogP contribution in [0.1, 0.15) is 22.2 Å². The number of thiophene rings is 1. The van der Waals surface area contributed by atoms with Gasteiger partial charge in [0.2, 0.25) is 0 Å². The van der Waals surface area contributed by atoms with Crippen LogP contribution in [0.5, 0.6) is 5.75 Å². The van der Waals surface area contributed by atoms with Crippen LogP contribution in [0.4, 0.5) is 0 Å². The molecule has 0 aliphatic heterocycles. The maximum absolute atomic E-state index is 12.2. The van der Waals surface area contributed by atoms with Gasteiger partial charge in [0.15, 0.2) is 11.5 Å². The van der Waals surface area contributed by atoms with Crippen molar-refractivity contribution in [1.82, 2.24) is 19.6 Å². The molecule has 3 aromatic heterocycles. The molecule has 0 unspecified atom stereocenters. The lowest BCUT2D eigenvalue weighted by Gasteiger charge is -2.03. The number of hydrogen-bond acceptors (Lipinski definition) is 7. The summed E-state index contributed by atoms with van der Waals surface area (Å²) in [6, 6.07) is 7.60. The smallest absolute Gasteiger partial charge is 0.348 e. The number of fused-ring (bicyclic) bond motifs is 3. The Morgan fingerprint density at radius 3 is 2.92 bits per heavy atom. The Labute approximate surface area is 153 Å². The van der Waals surface area contributed by atoms with Crippen LogP contribution in [0.25, 0.3) is 27.3 Å². The average molecular weight is 368 g/mol. The fraction of sp³-hybridized carbons (Fsp3) is 0.222. The van der Waals surface area contributed by atoms with Crippen molar-refractivity contribution >= 4 is 33.2 Å². The number of methoxy groups -OCH3 is 1. The minimum absolute atomic E-state index is 0.334. The molecule has 132 valence electrons. The third-order valence-electron chi connectivity index (χ3n) is 4.13. The summed E-state index contributed by atoms with van der Waals surface area (Å²) in [6.07, 6.45) is 1.68. The highest BCUT2D eigenvalue weighted by Gasteiger charge is 2.21. The molecule has 4 aromatic rings. The normalized spacial score (nSPS) is 11.2. The first-order valence-corrected chi connectivity index (χ1v) is 8.90. The van der Waals surface area contributed by atoms with E-state index in [4.69, 9.17) is 9.47 Å². The first-order valence-electron chi connectivity index (χ1n) is 8.08. The van der Waals surface area contributed by atoms with Gasteiger partial charge in [-0.25, -0.2) is 9.78 Å². The quantitative estimate of drug-likeness (QED) is 0.513. The SMILES string of the molecule is CCOC(=O)c1sc2ncn3c(-c4cccc(OC)c4)nnc3c2c1C. The van der Waals surface area contributed by atoms with E-state index >= 15 is 0 Å². The highest BCUT2D eigenvalue weighted by atomic mass is 32.1.